The lowest BCUT2D eigenvalue weighted by Gasteiger charge is -2.20. The summed E-state index contributed by atoms with van der Waals surface area (Å²) in [5, 5.41) is 12.6. The Hall–Kier alpha value is -3.47. The van der Waals surface area contributed by atoms with Gasteiger partial charge in [0.15, 0.2) is 0 Å². The van der Waals surface area contributed by atoms with Gasteiger partial charge in [0.05, 0.1) is 11.6 Å². The van der Waals surface area contributed by atoms with Crippen molar-refractivity contribution in [2.45, 2.75) is 53.1 Å². The molecule has 8 nitrogen and oxygen atoms in total. The van der Waals surface area contributed by atoms with Gasteiger partial charge in [0.2, 0.25) is 5.91 Å². The fourth-order valence-corrected chi connectivity index (χ4v) is 3.48. The van der Waals surface area contributed by atoms with E-state index in [9.17, 15) is 14.9 Å². The maximum Gasteiger partial charge on any atom is 0.340 e. The van der Waals surface area contributed by atoms with Crippen LogP contribution >= 0.6 is 0 Å². The van der Waals surface area contributed by atoms with E-state index in [0.29, 0.717) is 42.3 Å². The Morgan fingerprint density at radius 3 is 2.61 bits per heavy atom. The predicted octanol–water partition coefficient (Wildman–Crippen LogP) is 4.14. The zero-order valence-electron chi connectivity index (χ0n) is 18.5. The van der Waals surface area contributed by atoms with E-state index in [1.54, 1.807) is 29.3 Å². The first-order valence-electron chi connectivity index (χ1n) is 10.2. The molecule has 2 aromatic heterocycles. The van der Waals surface area contributed by atoms with E-state index >= 15 is 0 Å². The number of nitriles is 1. The van der Waals surface area contributed by atoms with Gasteiger partial charge in [0.1, 0.15) is 22.7 Å². The number of carbonyl (C=O) groups excluding carboxylic acids is 2. The van der Waals surface area contributed by atoms with E-state index < -0.39 is 17.0 Å². The first-order valence-corrected chi connectivity index (χ1v) is 10.2. The third-order valence-electron chi connectivity index (χ3n) is 5.28. The van der Waals surface area contributed by atoms with Crippen LogP contribution in [-0.4, -0.2) is 34.0 Å². The standard InChI is InChI=1S/C23H27N5O3/c1-6-23(14-24)8-10-28(21(23)30)16-7-9-25-19(12-16)27-18-11-15(2)17(13-26-18)20(29)31-22(3,4)5/h7,9,11-13H,6,8,10H2,1-5H3,(H,25,26,27). The molecule has 1 aliphatic rings. The number of ether oxygens (including phenoxy) is 1. The van der Waals surface area contributed by atoms with Gasteiger partial charge in [-0.25, -0.2) is 14.8 Å². The highest BCUT2D eigenvalue weighted by molar-refractivity contribution is 6.01. The van der Waals surface area contributed by atoms with E-state index in [1.807, 2.05) is 34.6 Å². The van der Waals surface area contributed by atoms with Gasteiger partial charge in [-0.1, -0.05) is 6.92 Å². The quantitative estimate of drug-likeness (QED) is 0.723. The number of carbonyl (C=O) groups is 2. The highest BCUT2D eigenvalue weighted by atomic mass is 16.6. The molecule has 1 N–H and O–H groups in total. The van der Waals surface area contributed by atoms with Crippen molar-refractivity contribution in [3.05, 3.63) is 41.7 Å². The number of aromatic nitrogens is 2. The number of amides is 1. The van der Waals surface area contributed by atoms with Gasteiger partial charge in [-0.05, 0) is 58.2 Å². The van der Waals surface area contributed by atoms with Crippen LogP contribution in [0.15, 0.2) is 30.6 Å². The molecule has 3 rings (SSSR count). The van der Waals surface area contributed by atoms with Gasteiger partial charge in [-0.3, -0.25) is 4.79 Å². The zero-order valence-corrected chi connectivity index (χ0v) is 18.5. The van der Waals surface area contributed by atoms with Gasteiger partial charge in [-0.2, -0.15) is 5.26 Å². The molecule has 0 spiro atoms. The Bertz CT molecular complexity index is 1050. The predicted molar refractivity (Wildman–Crippen MR) is 117 cm³/mol. The van der Waals surface area contributed by atoms with Crippen LogP contribution in [0.3, 0.4) is 0 Å². The van der Waals surface area contributed by atoms with E-state index in [1.165, 1.54) is 6.20 Å². The summed E-state index contributed by atoms with van der Waals surface area (Å²) in [7, 11) is 0. The normalized spacial score (nSPS) is 18.6. The largest absolute Gasteiger partial charge is 0.456 e. The molecular weight excluding hydrogens is 394 g/mol. The summed E-state index contributed by atoms with van der Waals surface area (Å²) in [6, 6.07) is 7.43. The number of hydrogen-bond acceptors (Lipinski definition) is 7. The SMILES string of the molecule is CCC1(C#N)CCN(c2ccnc(Nc3cc(C)c(C(=O)OC(C)(C)C)cn3)c2)C1=O. The number of nitrogens with one attached hydrogen (secondary N) is 1. The van der Waals surface area contributed by atoms with Crippen LogP contribution in [0.4, 0.5) is 17.3 Å². The minimum Gasteiger partial charge on any atom is -0.456 e. The molecule has 0 bridgehead atoms. The minimum atomic E-state index is -0.951. The molecule has 0 aromatic carbocycles. The fourth-order valence-electron chi connectivity index (χ4n) is 3.48. The topological polar surface area (TPSA) is 108 Å². The van der Waals surface area contributed by atoms with Crippen LogP contribution in [0.1, 0.15) is 56.5 Å². The van der Waals surface area contributed by atoms with Gasteiger partial charge >= 0.3 is 5.97 Å². The Labute approximate surface area is 182 Å². The van der Waals surface area contributed by atoms with Crippen LogP contribution in [0.25, 0.3) is 0 Å². The lowest BCUT2D eigenvalue weighted by Crippen LogP contribution is -2.33. The van der Waals surface area contributed by atoms with Crippen molar-refractivity contribution in [1.29, 1.82) is 5.26 Å². The first kappa shape index (κ1) is 22.2. The molecule has 1 saturated heterocycles. The van der Waals surface area contributed by atoms with E-state index in [0.717, 1.165) is 5.56 Å². The van der Waals surface area contributed by atoms with Crippen LogP contribution in [0, 0.1) is 23.7 Å². The van der Waals surface area contributed by atoms with Gasteiger partial charge in [0.25, 0.3) is 0 Å². The summed E-state index contributed by atoms with van der Waals surface area (Å²) in [5.74, 6) is 0.425. The minimum absolute atomic E-state index is 0.176. The monoisotopic (exact) mass is 421 g/mol. The van der Waals surface area contributed by atoms with Crippen molar-refractivity contribution in [1.82, 2.24) is 9.97 Å². The summed E-state index contributed by atoms with van der Waals surface area (Å²) in [6.07, 6.45) is 4.08. The molecule has 1 aliphatic heterocycles. The van der Waals surface area contributed by atoms with Crippen molar-refractivity contribution >= 4 is 29.2 Å². The lowest BCUT2D eigenvalue weighted by atomic mass is 9.85. The molecule has 1 amide bonds. The number of aryl methyl sites for hydroxylation is 1. The van der Waals surface area contributed by atoms with Crippen LogP contribution in [-0.2, 0) is 9.53 Å². The number of rotatable bonds is 5. The Morgan fingerprint density at radius 1 is 1.32 bits per heavy atom. The van der Waals surface area contributed by atoms with Gasteiger partial charge < -0.3 is 15.0 Å². The smallest absolute Gasteiger partial charge is 0.340 e. The van der Waals surface area contributed by atoms with E-state index in [-0.39, 0.29) is 5.91 Å². The third kappa shape index (κ3) is 4.66. The number of esters is 1. The second kappa shape index (κ2) is 8.34. The summed E-state index contributed by atoms with van der Waals surface area (Å²) in [4.78, 5) is 35.4. The van der Waals surface area contributed by atoms with Gasteiger partial charge in [-0.15, -0.1) is 0 Å². The molecule has 0 aliphatic carbocycles. The van der Waals surface area contributed by atoms with Crippen LogP contribution in [0.2, 0.25) is 0 Å². The first-order chi connectivity index (χ1) is 14.6. The second-order valence-corrected chi connectivity index (χ2v) is 8.66. The Balaban J connectivity index is 1.78. The molecule has 3 heterocycles. The zero-order chi connectivity index (χ0) is 22.8. The fraction of sp³-hybridized carbons (Fsp3) is 0.435. The maximum absolute atomic E-state index is 12.8. The van der Waals surface area contributed by atoms with Gasteiger partial charge in [0, 0.05) is 30.7 Å². The highest BCUT2D eigenvalue weighted by Gasteiger charge is 2.46. The average molecular weight is 422 g/mol. The molecule has 2 aromatic rings. The number of anilines is 3. The molecule has 0 radical (unpaired) electrons. The molecule has 0 saturated carbocycles. The number of nitrogens with zero attached hydrogens (tertiary/aromatic N) is 4. The summed E-state index contributed by atoms with van der Waals surface area (Å²) >= 11 is 0. The molecule has 31 heavy (non-hydrogen) atoms. The summed E-state index contributed by atoms with van der Waals surface area (Å²) in [6.45, 7) is 9.60. The van der Waals surface area contributed by atoms with Crippen molar-refractivity contribution in [3.63, 3.8) is 0 Å². The number of pyridine rings is 2. The second-order valence-electron chi connectivity index (χ2n) is 8.66. The van der Waals surface area contributed by atoms with Crippen LogP contribution < -0.4 is 10.2 Å². The average Bonchev–Trinajstić information content (AvgIpc) is 3.03. The van der Waals surface area contributed by atoms with Crippen molar-refractivity contribution in [2.75, 3.05) is 16.8 Å². The number of hydrogen-bond donors (Lipinski definition) is 1. The maximum atomic E-state index is 12.8. The third-order valence-corrected chi connectivity index (χ3v) is 5.28. The van der Waals surface area contributed by atoms with E-state index in [2.05, 4.69) is 21.4 Å². The van der Waals surface area contributed by atoms with Crippen molar-refractivity contribution < 1.29 is 14.3 Å². The van der Waals surface area contributed by atoms with Crippen molar-refractivity contribution in [3.8, 4) is 6.07 Å². The molecule has 1 atom stereocenters. The Kier molecular flexibility index (Phi) is 5.98. The van der Waals surface area contributed by atoms with Crippen LogP contribution in [0.5, 0.6) is 0 Å². The lowest BCUT2D eigenvalue weighted by molar-refractivity contribution is -0.123. The summed E-state index contributed by atoms with van der Waals surface area (Å²) < 4.78 is 5.41. The molecular formula is C23H27N5O3. The molecule has 8 heteroatoms. The van der Waals surface area contributed by atoms with Crippen molar-refractivity contribution in [2.24, 2.45) is 5.41 Å². The highest BCUT2D eigenvalue weighted by Crippen LogP contribution is 2.37. The Morgan fingerprint density at radius 2 is 2.03 bits per heavy atom. The molecule has 1 fully saturated rings. The van der Waals surface area contributed by atoms with E-state index in [4.69, 9.17) is 4.74 Å². The summed E-state index contributed by atoms with van der Waals surface area (Å²) in [5.41, 5.74) is 0.262. The molecule has 1 unspecified atom stereocenters. The molecule has 162 valence electrons.